The van der Waals surface area contributed by atoms with E-state index in [2.05, 4.69) is 30.1 Å². The van der Waals surface area contributed by atoms with E-state index in [0.717, 1.165) is 38.5 Å². The van der Waals surface area contributed by atoms with Crippen LogP contribution >= 0.6 is 0 Å². The first-order chi connectivity index (χ1) is 9.27. The van der Waals surface area contributed by atoms with Crippen molar-refractivity contribution in [1.29, 1.82) is 0 Å². The van der Waals surface area contributed by atoms with Crippen LogP contribution in [0.4, 0.5) is 0 Å². The molecule has 9 heteroatoms. The molecule has 2 saturated carbocycles. The Hall–Kier alpha value is -2.07. The van der Waals surface area contributed by atoms with Crippen molar-refractivity contribution in [3.63, 3.8) is 0 Å². The average molecular weight is 261 g/mol. The van der Waals surface area contributed by atoms with E-state index in [-0.39, 0.29) is 18.0 Å². The fraction of sp³-hybridized carbons (Fsp3) is 1.00. The molecule has 0 heterocycles. The summed E-state index contributed by atoms with van der Waals surface area (Å²) in [5, 5.41) is 11.7. The molecule has 0 aliphatic heterocycles. The minimum Gasteiger partial charge on any atom is -0.0903 e. The van der Waals surface area contributed by atoms with Gasteiger partial charge in [0.2, 0.25) is 0 Å². The molecular formula is C10H15N9. The van der Waals surface area contributed by atoms with E-state index >= 15 is 0 Å². The second-order valence-electron chi connectivity index (χ2n) is 5.15. The summed E-state index contributed by atoms with van der Waals surface area (Å²) in [7, 11) is 0. The molecule has 0 aromatic rings. The highest BCUT2D eigenvalue weighted by Crippen LogP contribution is 2.48. The van der Waals surface area contributed by atoms with E-state index in [1.165, 1.54) is 0 Å². The van der Waals surface area contributed by atoms with Crippen LogP contribution in [0.25, 0.3) is 31.3 Å². The van der Waals surface area contributed by atoms with Gasteiger partial charge >= 0.3 is 0 Å². The van der Waals surface area contributed by atoms with Crippen LogP contribution in [0.5, 0.6) is 0 Å². The average Bonchev–Trinajstić information content (AvgIpc) is 2.40. The number of hydrogen-bond acceptors (Lipinski definition) is 3. The topological polar surface area (TPSA) is 146 Å². The Morgan fingerprint density at radius 1 is 0.842 bits per heavy atom. The number of azide groups is 3. The fourth-order valence-corrected chi connectivity index (χ4v) is 3.67. The van der Waals surface area contributed by atoms with Crippen molar-refractivity contribution in [1.82, 2.24) is 0 Å². The molecule has 0 aromatic carbocycles. The van der Waals surface area contributed by atoms with E-state index in [9.17, 15) is 0 Å². The first-order valence-corrected chi connectivity index (χ1v) is 6.42. The minimum atomic E-state index is -0.553. The molecule has 0 spiro atoms. The van der Waals surface area contributed by atoms with Gasteiger partial charge in [-0.25, -0.2) is 0 Å². The van der Waals surface area contributed by atoms with Gasteiger partial charge in [0.05, 0.1) is 5.54 Å². The van der Waals surface area contributed by atoms with E-state index in [0.29, 0.717) is 0 Å². The van der Waals surface area contributed by atoms with Crippen LogP contribution in [0.15, 0.2) is 15.3 Å². The Kier molecular flexibility index (Phi) is 4.02. The van der Waals surface area contributed by atoms with Crippen molar-refractivity contribution >= 4 is 0 Å². The van der Waals surface area contributed by atoms with E-state index in [4.69, 9.17) is 16.6 Å². The van der Waals surface area contributed by atoms with Crippen LogP contribution in [0, 0.1) is 5.92 Å². The standard InChI is InChI=1S/C10H15N9/c11-17-14-7-3-1-5-10(16-19-13)6-2-4-8(9(7)10)15-18-12/h7-9H,1-6H2. The molecule has 100 valence electrons. The Morgan fingerprint density at radius 2 is 1.37 bits per heavy atom. The molecule has 2 aliphatic rings. The highest BCUT2D eigenvalue weighted by molar-refractivity contribution is 5.10. The fourth-order valence-electron chi connectivity index (χ4n) is 3.67. The predicted molar refractivity (Wildman–Crippen MR) is 68.9 cm³/mol. The van der Waals surface area contributed by atoms with Gasteiger partial charge in [-0.1, -0.05) is 28.2 Å². The lowest BCUT2D eigenvalue weighted by Crippen LogP contribution is -2.53. The third-order valence-electron chi connectivity index (χ3n) is 4.31. The molecule has 2 atom stereocenters. The summed E-state index contributed by atoms with van der Waals surface area (Å²) in [6.07, 6.45) is 4.79. The van der Waals surface area contributed by atoms with Crippen molar-refractivity contribution < 1.29 is 0 Å². The Morgan fingerprint density at radius 3 is 1.79 bits per heavy atom. The quantitative estimate of drug-likeness (QED) is 0.403. The van der Waals surface area contributed by atoms with E-state index < -0.39 is 5.54 Å². The molecule has 9 nitrogen and oxygen atoms in total. The van der Waals surface area contributed by atoms with Crippen LogP contribution in [0.1, 0.15) is 38.5 Å². The zero-order valence-electron chi connectivity index (χ0n) is 10.5. The highest BCUT2D eigenvalue weighted by Gasteiger charge is 2.50. The summed E-state index contributed by atoms with van der Waals surface area (Å²) >= 11 is 0. The molecule has 2 fully saturated rings. The SMILES string of the molecule is [N-]=[N+]=NC1CCCC2(N=[N+]=[N-])CCCC(N=[N+]=[N-])C12. The molecule has 0 bridgehead atoms. The van der Waals surface area contributed by atoms with Crippen molar-refractivity contribution in [2.45, 2.75) is 56.1 Å². The van der Waals surface area contributed by atoms with Gasteiger partial charge in [-0.05, 0) is 48.2 Å². The number of hydrogen-bond donors (Lipinski definition) is 0. The summed E-state index contributed by atoms with van der Waals surface area (Å²) < 4.78 is 0. The molecule has 0 saturated heterocycles. The van der Waals surface area contributed by atoms with Crippen LogP contribution in [-0.4, -0.2) is 17.6 Å². The molecule has 0 N–H and O–H groups in total. The summed E-state index contributed by atoms with van der Waals surface area (Å²) in [5.41, 5.74) is 25.7. The monoisotopic (exact) mass is 261 g/mol. The number of rotatable bonds is 3. The lowest BCUT2D eigenvalue weighted by atomic mass is 9.61. The van der Waals surface area contributed by atoms with Crippen molar-refractivity contribution in [2.75, 3.05) is 0 Å². The first kappa shape index (κ1) is 13.4. The van der Waals surface area contributed by atoms with Crippen molar-refractivity contribution in [3.8, 4) is 0 Å². The molecule has 2 rings (SSSR count). The lowest BCUT2D eigenvalue weighted by molar-refractivity contribution is 0.0912. The maximum atomic E-state index is 8.84. The van der Waals surface area contributed by atoms with Gasteiger partial charge in [-0.15, -0.1) is 0 Å². The third kappa shape index (κ3) is 2.39. The number of fused-ring (bicyclic) bond motifs is 1. The first-order valence-electron chi connectivity index (χ1n) is 6.42. The molecule has 2 aliphatic carbocycles. The number of nitrogens with zero attached hydrogens (tertiary/aromatic N) is 9. The Bertz CT molecular complexity index is 449. The molecular weight excluding hydrogens is 246 g/mol. The zero-order chi connectivity index (χ0) is 13.7. The third-order valence-corrected chi connectivity index (χ3v) is 4.31. The summed E-state index contributed by atoms with van der Waals surface area (Å²) in [5.74, 6) is -0.169. The smallest absolute Gasteiger partial charge is 0.0524 e. The largest absolute Gasteiger partial charge is 0.0903 e. The van der Waals surface area contributed by atoms with Gasteiger partial charge in [-0.3, -0.25) is 0 Å². The highest BCUT2D eigenvalue weighted by atomic mass is 15.2. The van der Waals surface area contributed by atoms with Crippen LogP contribution in [0.2, 0.25) is 0 Å². The summed E-state index contributed by atoms with van der Waals surface area (Å²) in [4.78, 5) is 8.76. The van der Waals surface area contributed by atoms with Gasteiger partial charge in [0.15, 0.2) is 0 Å². The van der Waals surface area contributed by atoms with Gasteiger partial charge in [0, 0.05) is 26.8 Å². The van der Waals surface area contributed by atoms with Crippen LogP contribution in [-0.2, 0) is 0 Å². The Labute approximate surface area is 109 Å². The Balaban J connectivity index is 2.45. The molecule has 19 heavy (non-hydrogen) atoms. The summed E-state index contributed by atoms with van der Waals surface area (Å²) in [6.45, 7) is 0. The van der Waals surface area contributed by atoms with Crippen molar-refractivity contribution in [2.24, 2.45) is 21.3 Å². The maximum Gasteiger partial charge on any atom is 0.0524 e. The van der Waals surface area contributed by atoms with Gasteiger partial charge in [0.1, 0.15) is 0 Å². The minimum absolute atomic E-state index is 0.169. The van der Waals surface area contributed by atoms with Gasteiger partial charge < -0.3 is 0 Å². The predicted octanol–water partition coefficient (Wildman–Crippen LogP) is 4.38. The van der Waals surface area contributed by atoms with Gasteiger partial charge in [0.25, 0.3) is 0 Å². The van der Waals surface area contributed by atoms with E-state index in [1.807, 2.05) is 0 Å². The lowest BCUT2D eigenvalue weighted by Gasteiger charge is -2.49. The second-order valence-corrected chi connectivity index (χ2v) is 5.15. The second kappa shape index (κ2) is 5.71. The molecule has 0 amide bonds. The van der Waals surface area contributed by atoms with Gasteiger partial charge in [-0.2, -0.15) is 0 Å². The van der Waals surface area contributed by atoms with Crippen LogP contribution < -0.4 is 0 Å². The van der Waals surface area contributed by atoms with Crippen LogP contribution in [0.3, 0.4) is 0 Å². The van der Waals surface area contributed by atoms with E-state index in [1.54, 1.807) is 0 Å². The zero-order valence-corrected chi connectivity index (χ0v) is 10.5. The molecule has 2 unspecified atom stereocenters. The maximum absolute atomic E-state index is 8.84. The molecule has 0 radical (unpaired) electrons. The van der Waals surface area contributed by atoms with Crippen molar-refractivity contribution in [3.05, 3.63) is 31.3 Å². The summed E-state index contributed by atoms with van der Waals surface area (Å²) in [6, 6.07) is -0.500. The normalized spacial score (nSPS) is 36.9. The molecule has 0 aromatic heterocycles.